The maximum Gasteiger partial charge on any atom is 0.225 e. The Hall–Kier alpha value is -1.36. The Labute approximate surface area is 102 Å². The summed E-state index contributed by atoms with van der Waals surface area (Å²) in [6.07, 6.45) is 2.25. The minimum Gasteiger partial charge on any atom is -0.330 e. The SMILES string of the molecule is Cc1cnn(C)c1[C@H]1[C@H](N)CC(=O)N1C(C)C. The molecule has 2 N–H and O–H groups in total. The molecule has 1 aliphatic heterocycles. The lowest BCUT2D eigenvalue weighted by atomic mass is 10.0. The van der Waals surface area contributed by atoms with E-state index in [1.165, 1.54) is 0 Å². The summed E-state index contributed by atoms with van der Waals surface area (Å²) in [5.41, 5.74) is 8.27. The summed E-state index contributed by atoms with van der Waals surface area (Å²) in [4.78, 5) is 13.9. The van der Waals surface area contributed by atoms with E-state index in [1.807, 2.05) is 43.6 Å². The van der Waals surface area contributed by atoms with Crippen molar-refractivity contribution < 1.29 is 4.79 Å². The third-order valence-electron chi connectivity index (χ3n) is 3.42. The van der Waals surface area contributed by atoms with Crippen LogP contribution in [0.3, 0.4) is 0 Å². The molecule has 0 aromatic carbocycles. The summed E-state index contributed by atoms with van der Waals surface area (Å²) < 4.78 is 1.83. The van der Waals surface area contributed by atoms with Crippen LogP contribution in [0.1, 0.15) is 37.6 Å². The van der Waals surface area contributed by atoms with Gasteiger partial charge in [-0.1, -0.05) is 0 Å². The lowest BCUT2D eigenvalue weighted by molar-refractivity contribution is -0.130. The number of aryl methyl sites for hydroxylation is 2. The molecule has 0 spiro atoms. The van der Waals surface area contributed by atoms with E-state index < -0.39 is 0 Å². The minimum atomic E-state index is -0.140. The van der Waals surface area contributed by atoms with E-state index in [2.05, 4.69) is 5.10 Å². The molecular formula is C12H20N4O. The summed E-state index contributed by atoms with van der Waals surface area (Å²) in [6, 6.07) is -0.0238. The average molecular weight is 236 g/mol. The molecule has 0 radical (unpaired) electrons. The van der Waals surface area contributed by atoms with Crippen molar-refractivity contribution in [1.29, 1.82) is 0 Å². The van der Waals surface area contributed by atoms with E-state index in [0.717, 1.165) is 11.3 Å². The molecule has 1 amide bonds. The first-order chi connectivity index (χ1) is 7.93. The summed E-state index contributed by atoms with van der Waals surface area (Å²) in [7, 11) is 1.90. The fourth-order valence-corrected chi connectivity index (χ4v) is 2.71. The standard InChI is InChI=1S/C12H20N4O/c1-7(2)16-10(17)5-9(13)12(16)11-8(3)6-14-15(11)4/h6-7,9,12H,5,13H2,1-4H3/t9-,12-/m1/s1. The van der Waals surface area contributed by atoms with Crippen LogP contribution < -0.4 is 5.73 Å². The smallest absolute Gasteiger partial charge is 0.225 e. The van der Waals surface area contributed by atoms with Gasteiger partial charge in [0.1, 0.15) is 0 Å². The van der Waals surface area contributed by atoms with Gasteiger partial charge in [0.05, 0.1) is 17.9 Å². The van der Waals surface area contributed by atoms with Crippen LogP contribution in [-0.2, 0) is 11.8 Å². The maximum atomic E-state index is 12.0. The van der Waals surface area contributed by atoms with Crippen LogP contribution in [0.4, 0.5) is 0 Å². The molecule has 0 saturated carbocycles. The molecule has 2 atom stereocenters. The van der Waals surface area contributed by atoms with Gasteiger partial charge in [0.15, 0.2) is 0 Å². The molecular weight excluding hydrogens is 216 g/mol. The average Bonchev–Trinajstić information content (AvgIpc) is 2.67. The van der Waals surface area contributed by atoms with Gasteiger partial charge in [-0.05, 0) is 26.3 Å². The zero-order chi connectivity index (χ0) is 12.7. The molecule has 1 aromatic heterocycles. The molecule has 1 fully saturated rings. The predicted molar refractivity (Wildman–Crippen MR) is 65.3 cm³/mol. The van der Waals surface area contributed by atoms with Crippen LogP contribution in [0.25, 0.3) is 0 Å². The van der Waals surface area contributed by atoms with Gasteiger partial charge in [-0.3, -0.25) is 9.48 Å². The first kappa shape index (κ1) is 12.1. The number of aromatic nitrogens is 2. The Morgan fingerprint density at radius 2 is 2.18 bits per heavy atom. The number of likely N-dealkylation sites (tertiary alicyclic amines) is 1. The van der Waals surface area contributed by atoms with Crippen molar-refractivity contribution in [3.05, 3.63) is 17.5 Å². The van der Waals surface area contributed by atoms with E-state index in [-0.39, 0.29) is 24.0 Å². The highest BCUT2D eigenvalue weighted by Gasteiger charge is 2.41. The first-order valence-electron chi connectivity index (χ1n) is 5.98. The van der Waals surface area contributed by atoms with E-state index in [1.54, 1.807) is 0 Å². The highest BCUT2D eigenvalue weighted by atomic mass is 16.2. The minimum absolute atomic E-state index is 0.0463. The molecule has 2 heterocycles. The van der Waals surface area contributed by atoms with Crippen LogP contribution >= 0.6 is 0 Å². The quantitative estimate of drug-likeness (QED) is 0.823. The fourth-order valence-electron chi connectivity index (χ4n) is 2.71. The number of hydrogen-bond donors (Lipinski definition) is 1. The lowest BCUT2D eigenvalue weighted by Crippen LogP contribution is -2.39. The monoisotopic (exact) mass is 236 g/mol. The molecule has 5 nitrogen and oxygen atoms in total. The van der Waals surface area contributed by atoms with Crippen LogP contribution in [0.2, 0.25) is 0 Å². The summed E-state index contributed by atoms with van der Waals surface area (Å²) in [6.45, 7) is 6.06. The zero-order valence-electron chi connectivity index (χ0n) is 10.8. The van der Waals surface area contributed by atoms with Crippen molar-refractivity contribution in [2.24, 2.45) is 12.8 Å². The van der Waals surface area contributed by atoms with Crippen molar-refractivity contribution in [2.75, 3.05) is 0 Å². The third-order valence-corrected chi connectivity index (χ3v) is 3.42. The van der Waals surface area contributed by atoms with Crippen molar-refractivity contribution in [2.45, 2.75) is 45.3 Å². The Balaban J connectivity index is 2.45. The summed E-state index contributed by atoms with van der Waals surface area (Å²) >= 11 is 0. The second-order valence-electron chi connectivity index (χ2n) is 5.04. The van der Waals surface area contributed by atoms with Gasteiger partial charge in [-0.25, -0.2) is 0 Å². The van der Waals surface area contributed by atoms with E-state index in [9.17, 15) is 4.79 Å². The number of amides is 1. The molecule has 1 aliphatic rings. The molecule has 17 heavy (non-hydrogen) atoms. The number of nitrogens with zero attached hydrogens (tertiary/aromatic N) is 3. The molecule has 1 aromatic rings. The normalized spacial score (nSPS) is 25.1. The van der Waals surface area contributed by atoms with E-state index in [0.29, 0.717) is 6.42 Å². The van der Waals surface area contributed by atoms with Crippen LogP contribution in [0.5, 0.6) is 0 Å². The van der Waals surface area contributed by atoms with Gasteiger partial charge >= 0.3 is 0 Å². The zero-order valence-corrected chi connectivity index (χ0v) is 10.8. The molecule has 0 bridgehead atoms. The molecule has 0 unspecified atom stereocenters. The highest BCUT2D eigenvalue weighted by molar-refractivity contribution is 5.80. The number of carbonyl (C=O) groups is 1. The van der Waals surface area contributed by atoms with Crippen molar-refractivity contribution in [3.8, 4) is 0 Å². The van der Waals surface area contributed by atoms with Gasteiger partial charge in [-0.15, -0.1) is 0 Å². The van der Waals surface area contributed by atoms with Crippen LogP contribution in [0, 0.1) is 6.92 Å². The van der Waals surface area contributed by atoms with Crippen molar-refractivity contribution in [1.82, 2.24) is 14.7 Å². The number of rotatable bonds is 2. The van der Waals surface area contributed by atoms with Crippen molar-refractivity contribution >= 4 is 5.91 Å². The molecule has 2 rings (SSSR count). The largest absolute Gasteiger partial charge is 0.330 e. The topological polar surface area (TPSA) is 64.2 Å². The third kappa shape index (κ3) is 1.84. The molecule has 94 valence electrons. The fraction of sp³-hybridized carbons (Fsp3) is 0.667. The van der Waals surface area contributed by atoms with Gasteiger partial charge < -0.3 is 10.6 Å². The van der Waals surface area contributed by atoms with Crippen LogP contribution in [-0.4, -0.2) is 32.7 Å². The van der Waals surface area contributed by atoms with Gasteiger partial charge in [0.25, 0.3) is 0 Å². The second kappa shape index (κ2) is 4.14. The van der Waals surface area contributed by atoms with E-state index in [4.69, 9.17) is 5.73 Å². The molecule has 5 heteroatoms. The molecule has 0 aliphatic carbocycles. The first-order valence-corrected chi connectivity index (χ1v) is 5.98. The predicted octanol–water partition coefficient (Wildman–Crippen LogP) is 0.738. The second-order valence-corrected chi connectivity index (χ2v) is 5.04. The lowest BCUT2D eigenvalue weighted by Gasteiger charge is -2.31. The van der Waals surface area contributed by atoms with Gasteiger partial charge in [-0.2, -0.15) is 5.10 Å². The summed E-state index contributed by atoms with van der Waals surface area (Å²) in [5, 5.41) is 4.24. The van der Waals surface area contributed by atoms with Crippen LogP contribution in [0.15, 0.2) is 6.20 Å². The Morgan fingerprint density at radius 3 is 2.65 bits per heavy atom. The van der Waals surface area contributed by atoms with Crippen molar-refractivity contribution in [3.63, 3.8) is 0 Å². The van der Waals surface area contributed by atoms with E-state index >= 15 is 0 Å². The van der Waals surface area contributed by atoms with Gasteiger partial charge in [0, 0.05) is 25.6 Å². The molecule has 1 saturated heterocycles. The summed E-state index contributed by atoms with van der Waals surface area (Å²) in [5.74, 6) is 0.137. The highest BCUT2D eigenvalue weighted by Crippen LogP contribution is 2.34. The number of hydrogen-bond acceptors (Lipinski definition) is 3. The maximum absolute atomic E-state index is 12.0. The number of nitrogens with two attached hydrogens (primary N) is 1. The Morgan fingerprint density at radius 1 is 1.53 bits per heavy atom. The Kier molecular flexibility index (Phi) is 2.95. The van der Waals surface area contributed by atoms with Gasteiger partial charge in [0.2, 0.25) is 5.91 Å². The Bertz CT molecular complexity index is 418. The number of carbonyl (C=O) groups excluding carboxylic acids is 1.